The summed E-state index contributed by atoms with van der Waals surface area (Å²) >= 11 is 5.89. The molecule has 1 unspecified atom stereocenters. The van der Waals surface area contributed by atoms with Crippen LogP contribution in [0, 0.1) is 5.92 Å². The van der Waals surface area contributed by atoms with Gasteiger partial charge in [0.05, 0.1) is 5.56 Å². The average Bonchev–Trinajstić information content (AvgIpc) is 3.31. The van der Waals surface area contributed by atoms with Crippen molar-refractivity contribution < 1.29 is 22.8 Å². The predicted molar refractivity (Wildman–Crippen MR) is 89.4 cm³/mol. The van der Waals surface area contributed by atoms with E-state index in [0.29, 0.717) is 11.7 Å². The predicted octanol–water partition coefficient (Wildman–Crippen LogP) is 4.33. The van der Waals surface area contributed by atoms with Crippen LogP contribution in [0.5, 0.6) is 5.75 Å². The molecule has 1 atom stereocenters. The molecule has 0 spiro atoms. The largest absolute Gasteiger partial charge is 0.434 e. The first kappa shape index (κ1) is 18.6. The Morgan fingerprint density at radius 3 is 2.73 bits per heavy atom. The molecule has 1 fully saturated rings. The van der Waals surface area contributed by atoms with Crippen LogP contribution in [-0.2, 0) is 0 Å². The second-order valence-corrected chi connectivity index (χ2v) is 6.92. The monoisotopic (exact) mass is 385 g/mol. The Morgan fingerprint density at radius 2 is 2.12 bits per heavy atom. The van der Waals surface area contributed by atoms with Gasteiger partial charge in [0, 0.05) is 10.9 Å². The van der Waals surface area contributed by atoms with E-state index < -0.39 is 18.6 Å². The van der Waals surface area contributed by atoms with Gasteiger partial charge in [-0.15, -0.1) is 0 Å². The Bertz CT molecular complexity index is 793. The Balaban J connectivity index is 1.82. The van der Waals surface area contributed by atoms with Crippen molar-refractivity contribution in [3.8, 4) is 5.75 Å². The topological polar surface area (TPSA) is 77.2 Å². The zero-order valence-corrected chi connectivity index (χ0v) is 15.0. The number of benzene rings is 1. The average molecular weight is 386 g/mol. The molecule has 1 aromatic heterocycles. The van der Waals surface area contributed by atoms with Gasteiger partial charge in [-0.3, -0.25) is 4.79 Å². The van der Waals surface area contributed by atoms with Gasteiger partial charge in [0.2, 0.25) is 5.89 Å². The lowest BCUT2D eigenvalue weighted by molar-refractivity contribution is -0.0501. The van der Waals surface area contributed by atoms with Crippen LogP contribution in [0.1, 0.15) is 60.7 Å². The fourth-order valence-corrected chi connectivity index (χ4v) is 2.66. The Kier molecular flexibility index (Phi) is 5.41. The van der Waals surface area contributed by atoms with Crippen LogP contribution >= 0.6 is 11.6 Å². The van der Waals surface area contributed by atoms with E-state index in [9.17, 15) is 13.6 Å². The number of halogens is 3. The molecular weight excluding hydrogens is 368 g/mol. The maximum absolute atomic E-state index is 12.7. The summed E-state index contributed by atoms with van der Waals surface area (Å²) < 4.78 is 34.9. The van der Waals surface area contributed by atoms with Gasteiger partial charge in [0.1, 0.15) is 11.8 Å². The first-order valence-electron chi connectivity index (χ1n) is 8.24. The van der Waals surface area contributed by atoms with E-state index in [1.54, 1.807) is 0 Å². The van der Waals surface area contributed by atoms with Crippen LogP contribution in [0.25, 0.3) is 0 Å². The van der Waals surface area contributed by atoms with Gasteiger partial charge in [-0.1, -0.05) is 30.6 Å². The van der Waals surface area contributed by atoms with Crippen molar-refractivity contribution in [2.45, 2.75) is 45.3 Å². The van der Waals surface area contributed by atoms with E-state index in [2.05, 4.69) is 20.2 Å². The smallest absolute Gasteiger partial charge is 0.387 e. The summed E-state index contributed by atoms with van der Waals surface area (Å²) in [6.45, 7) is 0.696. The number of alkyl halides is 2. The number of aromatic nitrogens is 2. The molecule has 3 rings (SSSR count). The van der Waals surface area contributed by atoms with Gasteiger partial charge >= 0.3 is 6.61 Å². The summed E-state index contributed by atoms with van der Waals surface area (Å²) in [7, 11) is 0. The molecule has 1 aromatic carbocycles. The van der Waals surface area contributed by atoms with E-state index in [-0.39, 0.29) is 28.1 Å². The van der Waals surface area contributed by atoms with Crippen molar-refractivity contribution in [2.24, 2.45) is 5.92 Å². The minimum atomic E-state index is -3.05. The number of rotatable bonds is 7. The minimum absolute atomic E-state index is 0.0647. The molecule has 1 aliphatic rings. The summed E-state index contributed by atoms with van der Waals surface area (Å²) in [4.78, 5) is 17.0. The summed E-state index contributed by atoms with van der Waals surface area (Å²) in [5.41, 5.74) is -0.0922. The van der Waals surface area contributed by atoms with Crippen LogP contribution in [0.3, 0.4) is 0 Å². The highest BCUT2D eigenvalue weighted by Crippen LogP contribution is 2.38. The second kappa shape index (κ2) is 7.57. The van der Waals surface area contributed by atoms with Crippen LogP contribution in [0.2, 0.25) is 5.02 Å². The molecule has 26 heavy (non-hydrogen) atoms. The highest BCUT2D eigenvalue weighted by Gasteiger charge is 2.32. The van der Waals surface area contributed by atoms with Crippen LogP contribution in [0.15, 0.2) is 22.7 Å². The third kappa shape index (κ3) is 4.30. The van der Waals surface area contributed by atoms with Crippen LogP contribution in [0.4, 0.5) is 8.78 Å². The van der Waals surface area contributed by atoms with Crippen molar-refractivity contribution in [2.75, 3.05) is 0 Å². The standard InChI is InChI=1S/C17H18ClF2N3O3/c1-8(2)13(16-22-14(23-26-16)9-3-4-9)21-15(24)11-7-10(18)5-6-12(11)25-17(19)20/h5-9,13,17H,3-4H2,1-2H3,(H,21,24). The number of nitrogens with one attached hydrogen (secondary N) is 1. The number of hydrogen-bond acceptors (Lipinski definition) is 5. The summed E-state index contributed by atoms with van der Waals surface area (Å²) in [6.07, 6.45) is 2.04. The molecule has 2 aromatic rings. The highest BCUT2D eigenvalue weighted by atomic mass is 35.5. The molecule has 1 heterocycles. The van der Waals surface area contributed by atoms with Gasteiger partial charge in [0.15, 0.2) is 5.82 Å². The first-order valence-corrected chi connectivity index (χ1v) is 8.61. The molecule has 0 bridgehead atoms. The summed E-state index contributed by atoms with van der Waals surface area (Å²) in [5.74, 6) is 0.291. The normalized spacial score (nSPS) is 15.3. The Labute approximate surface area is 153 Å². The molecular formula is C17H18ClF2N3O3. The van der Waals surface area contributed by atoms with Gasteiger partial charge < -0.3 is 14.6 Å². The van der Waals surface area contributed by atoms with Gasteiger partial charge in [0.25, 0.3) is 5.91 Å². The van der Waals surface area contributed by atoms with E-state index in [1.807, 2.05) is 13.8 Å². The van der Waals surface area contributed by atoms with Crippen molar-refractivity contribution in [3.05, 3.63) is 40.5 Å². The fraction of sp³-hybridized carbons (Fsp3) is 0.471. The lowest BCUT2D eigenvalue weighted by Gasteiger charge is -2.19. The molecule has 1 N–H and O–H groups in total. The molecule has 1 aliphatic carbocycles. The molecule has 140 valence electrons. The number of carbonyl (C=O) groups excluding carboxylic acids is 1. The maximum atomic E-state index is 12.7. The molecule has 9 heteroatoms. The third-order valence-electron chi connectivity index (χ3n) is 4.02. The van der Waals surface area contributed by atoms with Gasteiger partial charge in [-0.25, -0.2) is 0 Å². The number of ether oxygens (including phenoxy) is 1. The molecule has 0 saturated heterocycles. The number of nitrogens with zero attached hydrogens (tertiary/aromatic N) is 2. The minimum Gasteiger partial charge on any atom is -0.434 e. The van der Waals surface area contributed by atoms with Crippen molar-refractivity contribution >= 4 is 17.5 Å². The molecule has 1 amide bonds. The van der Waals surface area contributed by atoms with Gasteiger partial charge in [-0.2, -0.15) is 13.8 Å². The lowest BCUT2D eigenvalue weighted by Crippen LogP contribution is -2.32. The number of carbonyl (C=O) groups is 1. The molecule has 6 nitrogen and oxygen atoms in total. The van der Waals surface area contributed by atoms with Crippen molar-refractivity contribution in [3.63, 3.8) is 0 Å². The first-order chi connectivity index (χ1) is 12.3. The summed E-state index contributed by atoms with van der Waals surface area (Å²) in [6, 6.07) is 3.30. The fourth-order valence-electron chi connectivity index (χ4n) is 2.49. The van der Waals surface area contributed by atoms with E-state index in [1.165, 1.54) is 18.2 Å². The molecule has 0 radical (unpaired) electrons. The highest BCUT2D eigenvalue weighted by molar-refractivity contribution is 6.31. The van der Waals surface area contributed by atoms with E-state index in [0.717, 1.165) is 12.8 Å². The van der Waals surface area contributed by atoms with Crippen LogP contribution < -0.4 is 10.1 Å². The Morgan fingerprint density at radius 1 is 1.38 bits per heavy atom. The number of amides is 1. The van der Waals surface area contributed by atoms with Crippen LogP contribution in [-0.4, -0.2) is 22.7 Å². The SMILES string of the molecule is CC(C)C(NC(=O)c1cc(Cl)ccc1OC(F)F)c1nc(C2CC2)no1. The van der Waals surface area contributed by atoms with E-state index >= 15 is 0 Å². The van der Waals surface area contributed by atoms with Crippen molar-refractivity contribution in [1.29, 1.82) is 0 Å². The zero-order chi connectivity index (χ0) is 18.8. The van der Waals surface area contributed by atoms with Gasteiger partial charge in [-0.05, 0) is 37.0 Å². The third-order valence-corrected chi connectivity index (χ3v) is 4.26. The molecule has 0 aliphatic heterocycles. The van der Waals surface area contributed by atoms with E-state index in [4.69, 9.17) is 16.1 Å². The summed E-state index contributed by atoms with van der Waals surface area (Å²) in [5, 5.41) is 6.92. The lowest BCUT2D eigenvalue weighted by atomic mass is 10.0. The van der Waals surface area contributed by atoms with Crippen molar-refractivity contribution in [1.82, 2.24) is 15.5 Å². The molecule has 1 saturated carbocycles. The maximum Gasteiger partial charge on any atom is 0.387 e. The Hall–Kier alpha value is -2.22. The second-order valence-electron chi connectivity index (χ2n) is 6.48. The quantitative estimate of drug-likeness (QED) is 0.767. The zero-order valence-electron chi connectivity index (χ0n) is 14.2. The number of hydrogen-bond donors (Lipinski definition) is 1.